The second-order valence-corrected chi connectivity index (χ2v) is 5.68. The summed E-state index contributed by atoms with van der Waals surface area (Å²) < 4.78 is 16.7. The fourth-order valence-electron chi connectivity index (χ4n) is 2.75. The van der Waals surface area contributed by atoms with E-state index in [1.807, 2.05) is 60.7 Å². The molecular formula is C20H17NO4. The predicted octanol–water partition coefficient (Wildman–Crippen LogP) is 3.38. The zero-order valence-electron chi connectivity index (χ0n) is 13.5. The number of hydrogen-bond acceptors (Lipinski definition) is 5. The summed E-state index contributed by atoms with van der Waals surface area (Å²) in [5.41, 5.74) is 1.47. The van der Waals surface area contributed by atoms with Crippen LogP contribution in [-0.4, -0.2) is 29.8 Å². The van der Waals surface area contributed by atoms with Crippen LogP contribution in [0, 0.1) is 0 Å². The molecule has 1 unspecified atom stereocenters. The van der Waals surface area contributed by atoms with Crippen molar-refractivity contribution in [2.45, 2.75) is 6.29 Å². The summed E-state index contributed by atoms with van der Waals surface area (Å²) in [6.07, 6.45) is 2.32. The number of ether oxygens (including phenoxy) is 3. The van der Waals surface area contributed by atoms with Gasteiger partial charge in [-0.3, -0.25) is 0 Å². The lowest BCUT2D eigenvalue weighted by Crippen LogP contribution is -2.24. The summed E-state index contributed by atoms with van der Waals surface area (Å²) in [7, 11) is 0. The molecule has 2 aromatic carbocycles. The van der Waals surface area contributed by atoms with Crippen LogP contribution in [0.5, 0.6) is 11.6 Å². The van der Waals surface area contributed by atoms with Crippen molar-refractivity contribution < 1.29 is 19.3 Å². The van der Waals surface area contributed by atoms with Gasteiger partial charge in [0.05, 0.1) is 6.61 Å². The van der Waals surface area contributed by atoms with Crippen LogP contribution in [0.25, 0.3) is 16.8 Å². The van der Waals surface area contributed by atoms with E-state index in [2.05, 4.69) is 4.98 Å². The van der Waals surface area contributed by atoms with Gasteiger partial charge in [0.2, 0.25) is 12.2 Å². The molecule has 126 valence electrons. The van der Waals surface area contributed by atoms with Gasteiger partial charge in [0.1, 0.15) is 5.75 Å². The molecule has 2 heterocycles. The average Bonchev–Trinajstić information content (AvgIpc) is 2.62. The molecule has 0 saturated heterocycles. The van der Waals surface area contributed by atoms with Crippen molar-refractivity contribution in [3.05, 3.63) is 71.9 Å². The normalized spacial score (nSPS) is 17.4. The van der Waals surface area contributed by atoms with Crippen LogP contribution < -0.4 is 9.47 Å². The molecule has 1 aromatic heterocycles. The smallest absolute Gasteiger partial charge is 0.224 e. The Morgan fingerprint density at radius 2 is 1.88 bits per heavy atom. The zero-order valence-corrected chi connectivity index (χ0v) is 13.5. The highest BCUT2D eigenvalue weighted by molar-refractivity contribution is 5.86. The first kappa shape index (κ1) is 15.6. The first-order chi connectivity index (χ1) is 12.3. The Balaban J connectivity index is 1.65. The molecule has 0 fully saturated rings. The van der Waals surface area contributed by atoms with Gasteiger partial charge in [0, 0.05) is 22.7 Å². The van der Waals surface area contributed by atoms with E-state index in [0.717, 1.165) is 16.3 Å². The van der Waals surface area contributed by atoms with Crippen LogP contribution in [0.15, 0.2) is 66.4 Å². The van der Waals surface area contributed by atoms with Crippen molar-refractivity contribution >= 4 is 16.8 Å². The lowest BCUT2D eigenvalue weighted by atomic mass is 10.1. The predicted molar refractivity (Wildman–Crippen MR) is 94.2 cm³/mol. The van der Waals surface area contributed by atoms with Crippen molar-refractivity contribution in [1.82, 2.24) is 4.98 Å². The Bertz CT molecular complexity index is 917. The van der Waals surface area contributed by atoms with E-state index in [4.69, 9.17) is 14.2 Å². The molecule has 5 nitrogen and oxygen atoms in total. The molecule has 1 aliphatic heterocycles. The Morgan fingerprint density at radius 3 is 2.84 bits per heavy atom. The highest BCUT2D eigenvalue weighted by Crippen LogP contribution is 2.27. The number of aromatic nitrogens is 1. The topological polar surface area (TPSA) is 60.8 Å². The number of aliphatic hydroxyl groups is 1. The van der Waals surface area contributed by atoms with E-state index in [9.17, 15) is 5.11 Å². The van der Waals surface area contributed by atoms with Crippen LogP contribution in [0.4, 0.5) is 0 Å². The quantitative estimate of drug-likeness (QED) is 0.744. The second kappa shape index (κ2) is 6.93. The number of para-hydroxylation sites is 1. The van der Waals surface area contributed by atoms with E-state index < -0.39 is 6.29 Å². The molecule has 0 amide bonds. The lowest BCUT2D eigenvalue weighted by molar-refractivity contribution is -0.0200. The van der Waals surface area contributed by atoms with Crippen molar-refractivity contribution in [1.29, 1.82) is 0 Å². The molecule has 0 saturated carbocycles. The van der Waals surface area contributed by atoms with Gasteiger partial charge < -0.3 is 19.3 Å². The third-order valence-electron chi connectivity index (χ3n) is 4.00. The molecule has 5 heteroatoms. The minimum Gasteiger partial charge on any atom is -0.467 e. The molecular weight excluding hydrogens is 318 g/mol. The Labute approximate surface area is 145 Å². The highest BCUT2D eigenvalue weighted by Gasteiger charge is 2.18. The van der Waals surface area contributed by atoms with E-state index in [-0.39, 0.29) is 13.4 Å². The van der Waals surface area contributed by atoms with E-state index in [1.165, 1.54) is 0 Å². The summed E-state index contributed by atoms with van der Waals surface area (Å²) in [4.78, 5) is 4.25. The summed E-state index contributed by atoms with van der Waals surface area (Å²) in [6.45, 7) is 0.327. The lowest BCUT2D eigenvalue weighted by Gasteiger charge is -2.20. The van der Waals surface area contributed by atoms with Gasteiger partial charge in [0.15, 0.2) is 6.79 Å². The van der Waals surface area contributed by atoms with Gasteiger partial charge in [-0.15, -0.1) is 0 Å². The van der Waals surface area contributed by atoms with Crippen LogP contribution in [-0.2, 0) is 4.74 Å². The Hall–Kier alpha value is -2.89. The number of aliphatic hydroxyl groups excluding tert-OH is 1. The molecule has 0 aliphatic carbocycles. The molecule has 4 rings (SSSR count). The number of rotatable bonds is 3. The molecule has 25 heavy (non-hydrogen) atoms. The number of fused-ring (bicyclic) bond motifs is 2. The van der Waals surface area contributed by atoms with Crippen molar-refractivity contribution in [2.75, 3.05) is 13.4 Å². The fraction of sp³-hybridized carbons (Fsp3) is 0.150. The molecule has 0 radical (unpaired) electrons. The first-order valence-electron chi connectivity index (χ1n) is 8.00. The van der Waals surface area contributed by atoms with Crippen molar-refractivity contribution in [2.24, 2.45) is 0 Å². The van der Waals surface area contributed by atoms with E-state index in [1.54, 1.807) is 6.20 Å². The largest absolute Gasteiger partial charge is 0.467 e. The molecule has 1 N–H and O–H groups in total. The monoisotopic (exact) mass is 335 g/mol. The Kier molecular flexibility index (Phi) is 4.33. The molecule has 0 spiro atoms. The average molecular weight is 335 g/mol. The van der Waals surface area contributed by atoms with Crippen LogP contribution in [0.3, 0.4) is 0 Å². The third-order valence-corrected chi connectivity index (χ3v) is 4.00. The number of pyridine rings is 1. The number of nitrogens with zero attached hydrogens (tertiary/aromatic N) is 1. The zero-order chi connectivity index (χ0) is 17.1. The van der Waals surface area contributed by atoms with Gasteiger partial charge >= 0.3 is 0 Å². The highest BCUT2D eigenvalue weighted by atomic mass is 16.7. The van der Waals surface area contributed by atoms with E-state index in [0.29, 0.717) is 17.2 Å². The maximum absolute atomic E-state index is 10.6. The van der Waals surface area contributed by atoms with Crippen LogP contribution in [0.2, 0.25) is 0 Å². The molecule has 1 aliphatic rings. The van der Waals surface area contributed by atoms with Gasteiger partial charge in [-0.05, 0) is 29.7 Å². The number of hydrogen-bond donors (Lipinski definition) is 1. The van der Waals surface area contributed by atoms with Gasteiger partial charge in [-0.25, -0.2) is 4.98 Å². The van der Waals surface area contributed by atoms with Gasteiger partial charge in [-0.1, -0.05) is 36.4 Å². The minimum atomic E-state index is -1.16. The summed E-state index contributed by atoms with van der Waals surface area (Å²) in [5.74, 6) is 1.09. The SMILES string of the molecule is OC(Oc1nccc2ccccc12)/C1=C/c2ccccc2OCOC1. The number of benzene rings is 2. The second-order valence-electron chi connectivity index (χ2n) is 5.68. The molecule has 3 aromatic rings. The van der Waals surface area contributed by atoms with Crippen molar-refractivity contribution in [3.8, 4) is 11.6 Å². The maximum Gasteiger partial charge on any atom is 0.224 e. The molecule has 1 atom stereocenters. The van der Waals surface area contributed by atoms with Crippen LogP contribution in [0.1, 0.15) is 5.56 Å². The van der Waals surface area contributed by atoms with Gasteiger partial charge in [-0.2, -0.15) is 0 Å². The summed E-state index contributed by atoms with van der Waals surface area (Å²) >= 11 is 0. The van der Waals surface area contributed by atoms with Gasteiger partial charge in [0.25, 0.3) is 0 Å². The maximum atomic E-state index is 10.6. The van der Waals surface area contributed by atoms with Crippen LogP contribution >= 0.6 is 0 Å². The standard InChI is InChI=1S/C20H17NO4/c22-20(25-19-17-7-3-1-5-14(17)9-10-21-19)16-11-15-6-2-4-8-18(15)24-13-23-12-16/h1-11,20,22H,12-13H2/b16-11+. The fourth-order valence-corrected chi connectivity index (χ4v) is 2.75. The van der Waals surface area contributed by atoms with Crippen molar-refractivity contribution in [3.63, 3.8) is 0 Å². The van der Waals surface area contributed by atoms with E-state index >= 15 is 0 Å². The minimum absolute atomic E-state index is 0.119. The Morgan fingerprint density at radius 1 is 1.04 bits per heavy atom. The molecule has 0 bridgehead atoms. The third kappa shape index (κ3) is 3.33. The summed E-state index contributed by atoms with van der Waals surface area (Å²) in [6, 6.07) is 17.2. The summed E-state index contributed by atoms with van der Waals surface area (Å²) in [5, 5.41) is 12.4. The first-order valence-corrected chi connectivity index (χ1v) is 8.00.